The maximum absolute atomic E-state index is 12.5. The van der Waals surface area contributed by atoms with Crippen LogP contribution in [-0.4, -0.2) is 29.8 Å². The fourth-order valence-corrected chi connectivity index (χ4v) is 3.82. The number of carbonyl (C=O) groups is 2. The van der Waals surface area contributed by atoms with E-state index in [1.54, 1.807) is 12.1 Å². The number of Topliss-reactive ketones (excluding diaryl/α,β-unsaturated/α-hetero) is 1. The third kappa shape index (κ3) is 4.76. The Bertz CT molecular complexity index is 869. The van der Waals surface area contributed by atoms with Gasteiger partial charge in [-0.1, -0.05) is 25.4 Å². The number of rotatable bonds is 7. The van der Waals surface area contributed by atoms with E-state index < -0.39 is 0 Å². The minimum Gasteiger partial charge on any atom is -0.494 e. The molecule has 0 fully saturated rings. The summed E-state index contributed by atoms with van der Waals surface area (Å²) in [5, 5.41) is 3.62. The van der Waals surface area contributed by atoms with E-state index in [1.807, 2.05) is 19.1 Å². The maximum Gasteiger partial charge on any atom is 0.268 e. The third-order valence-electron chi connectivity index (χ3n) is 5.07. The van der Waals surface area contributed by atoms with Crippen LogP contribution < -0.4 is 10.1 Å². The topological polar surface area (TPSA) is 71.2 Å². The number of benzene rings is 1. The summed E-state index contributed by atoms with van der Waals surface area (Å²) in [6.07, 6.45) is 2.94. The van der Waals surface area contributed by atoms with Crippen molar-refractivity contribution < 1.29 is 14.3 Å². The largest absolute Gasteiger partial charge is 0.494 e. The van der Waals surface area contributed by atoms with Crippen LogP contribution in [0.3, 0.4) is 0 Å². The van der Waals surface area contributed by atoms with Gasteiger partial charge in [-0.15, -0.1) is 0 Å². The third-order valence-corrected chi connectivity index (χ3v) is 5.32. The fraction of sp³-hybridized carbons (Fsp3) is 0.455. The van der Waals surface area contributed by atoms with E-state index >= 15 is 0 Å². The van der Waals surface area contributed by atoms with Crippen molar-refractivity contribution in [2.24, 2.45) is 5.41 Å². The molecule has 3 rings (SSSR count). The van der Waals surface area contributed by atoms with Crippen LogP contribution in [0.4, 0.5) is 0 Å². The number of aromatic amines is 1. The number of halogens is 1. The van der Waals surface area contributed by atoms with Crippen molar-refractivity contribution in [1.82, 2.24) is 10.3 Å². The molecule has 1 aromatic heterocycles. The van der Waals surface area contributed by atoms with Crippen LogP contribution in [0.1, 0.15) is 65.2 Å². The number of carbonyl (C=O) groups excluding carboxylic acids is 2. The molecule has 1 aliphatic rings. The molecule has 28 heavy (non-hydrogen) atoms. The van der Waals surface area contributed by atoms with Crippen LogP contribution in [0.15, 0.2) is 24.3 Å². The smallest absolute Gasteiger partial charge is 0.268 e. The van der Waals surface area contributed by atoms with Crippen molar-refractivity contribution in [1.29, 1.82) is 0 Å². The van der Waals surface area contributed by atoms with E-state index in [-0.39, 0.29) is 17.1 Å². The molecule has 0 saturated heterocycles. The van der Waals surface area contributed by atoms with Crippen molar-refractivity contribution in [3.05, 3.63) is 51.8 Å². The maximum atomic E-state index is 12.5. The first kappa shape index (κ1) is 20.5. The van der Waals surface area contributed by atoms with Gasteiger partial charge >= 0.3 is 0 Å². The molecule has 1 aliphatic carbocycles. The molecule has 1 heterocycles. The van der Waals surface area contributed by atoms with Crippen molar-refractivity contribution in [3.8, 4) is 5.75 Å². The van der Waals surface area contributed by atoms with Gasteiger partial charge in [0.1, 0.15) is 11.4 Å². The zero-order valence-corrected chi connectivity index (χ0v) is 17.4. The Balaban J connectivity index is 1.47. The highest BCUT2D eigenvalue weighted by molar-refractivity contribution is 6.30. The summed E-state index contributed by atoms with van der Waals surface area (Å²) in [5.74, 6) is 0.753. The summed E-state index contributed by atoms with van der Waals surface area (Å²) in [6.45, 7) is 7.15. The van der Waals surface area contributed by atoms with Crippen molar-refractivity contribution in [2.45, 2.75) is 46.5 Å². The average Bonchev–Trinajstić information content (AvgIpc) is 2.94. The second kappa shape index (κ2) is 8.39. The second-order valence-corrected chi connectivity index (χ2v) is 8.62. The molecule has 5 nitrogen and oxygen atoms in total. The van der Waals surface area contributed by atoms with Gasteiger partial charge in [0.05, 0.1) is 6.61 Å². The number of amides is 1. The summed E-state index contributed by atoms with van der Waals surface area (Å²) in [5.41, 5.74) is 2.80. The lowest BCUT2D eigenvalue weighted by atomic mass is 9.75. The lowest BCUT2D eigenvalue weighted by molar-refractivity contribution is 0.0909. The second-order valence-electron chi connectivity index (χ2n) is 8.18. The highest BCUT2D eigenvalue weighted by atomic mass is 35.5. The van der Waals surface area contributed by atoms with E-state index in [2.05, 4.69) is 24.1 Å². The molecule has 1 amide bonds. The minimum atomic E-state index is -0.156. The monoisotopic (exact) mass is 402 g/mol. The van der Waals surface area contributed by atoms with Gasteiger partial charge in [-0.3, -0.25) is 9.59 Å². The Hall–Kier alpha value is -2.27. The van der Waals surface area contributed by atoms with Crippen LogP contribution >= 0.6 is 11.6 Å². The highest BCUT2D eigenvalue weighted by Gasteiger charge is 2.35. The minimum absolute atomic E-state index is 0.0702. The molecule has 0 atom stereocenters. The highest BCUT2D eigenvalue weighted by Crippen LogP contribution is 2.36. The number of ketones is 1. The molecule has 0 aliphatic heterocycles. The normalized spacial score (nSPS) is 15.2. The van der Waals surface area contributed by atoms with E-state index in [4.69, 9.17) is 16.3 Å². The van der Waals surface area contributed by atoms with Gasteiger partial charge in [0, 0.05) is 29.2 Å². The van der Waals surface area contributed by atoms with Crippen LogP contribution in [0.2, 0.25) is 5.02 Å². The number of hydrogen-bond donors (Lipinski definition) is 2. The van der Waals surface area contributed by atoms with E-state index in [9.17, 15) is 9.59 Å². The number of nitrogens with one attached hydrogen (secondary N) is 2. The molecular formula is C22H27ClN2O3. The number of fused-ring (bicyclic) bond motifs is 1. The summed E-state index contributed by atoms with van der Waals surface area (Å²) in [7, 11) is 0. The quantitative estimate of drug-likeness (QED) is 0.658. The predicted molar refractivity (Wildman–Crippen MR) is 110 cm³/mol. The molecule has 0 bridgehead atoms. The number of ether oxygens (including phenoxy) is 1. The molecule has 1 aromatic carbocycles. The Labute approximate surface area is 170 Å². The van der Waals surface area contributed by atoms with Crippen LogP contribution in [0.5, 0.6) is 5.75 Å². The molecule has 0 spiro atoms. The van der Waals surface area contributed by atoms with E-state index in [0.29, 0.717) is 35.9 Å². The van der Waals surface area contributed by atoms with Crippen LogP contribution in [0.25, 0.3) is 0 Å². The van der Waals surface area contributed by atoms with Gasteiger partial charge in [-0.2, -0.15) is 0 Å². The summed E-state index contributed by atoms with van der Waals surface area (Å²) in [6, 6.07) is 7.26. The number of hydrogen-bond acceptors (Lipinski definition) is 3. The Morgan fingerprint density at radius 1 is 1.21 bits per heavy atom. The van der Waals surface area contributed by atoms with Crippen molar-refractivity contribution in [2.75, 3.05) is 13.2 Å². The molecular weight excluding hydrogens is 376 g/mol. The summed E-state index contributed by atoms with van der Waals surface area (Å²) >= 11 is 5.84. The van der Waals surface area contributed by atoms with Gasteiger partial charge in [0.25, 0.3) is 5.91 Å². The molecule has 2 aromatic rings. The SMILES string of the molecule is Cc1c(C(=O)NCCCCOc2ccc(Cl)cc2)[nH]c2c1C(=O)CC(C)(C)C2. The number of unbranched alkanes of at least 4 members (excludes halogenated alkanes) is 1. The van der Waals surface area contributed by atoms with Gasteiger partial charge in [0.15, 0.2) is 5.78 Å². The number of H-pyrrole nitrogens is 1. The molecule has 0 unspecified atom stereocenters. The zero-order valence-electron chi connectivity index (χ0n) is 16.7. The first-order valence-corrected chi connectivity index (χ1v) is 10.1. The van der Waals surface area contributed by atoms with Crippen molar-refractivity contribution in [3.63, 3.8) is 0 Å². The van der Waals surface area contributed by atoms with Crippen LogP contribution in [0, 0.1) is 12.3 Å². The summed E-state index contributed by atoms with van der Waals surface area (Å²) < 4.78 is 5.64. The van der Waals surface area contributed by atoms with E-state index in [0.717, 1.165) is 36.3 Å². The Morgan fingerprint density at radius 3 is 2.64 bits per heavy atom. The van der Waals surface area contributed by atoms with Crippen molar-refractivity contribution >= 4 is 23.3 Å². The molecule has 6 heteroatoms. The first-order valence-electron chi connectivity index (χ1n) is 9.68. The van der Waals surface area contributed by atoms with Gasteiger partial charge in [-0.05, 0) is 61.4 Å². The number of aromatic nitrogens is 1. The molecule has 2 N–H and O–H groups in total. The Morgan fingerprint density at radius 2 is 1.93 bits per heavy atom. The molecule has 0 radical (unpaired) electrons. The van der Waals surface area contributed by atoms with Gasteiger partial charge in [-0.25, -0.2) is 0 Å². The zero-order chi connectivity index (χ0) is 20.3. The standard InChI is InChI=1S/C22H27ClN2O3/c1-14-19-17(12-22(2,3)13-18(19)26)25-20(14)21(27)24-10-4-5-11-28-16-8-6-15(23)7-9-16/h6-9,25H,4-5,10-13H2,1-3H3,(H,24,27). The van der Waals surface area contributed by atoms with Gasteiger partial charge < -0.3 is 15.0 Å². The van der Waals surface area contributed by atoms with Crippen LogP contribution in [-0.2, 0) is 6.42 Å². The molecule has 150 valence electrons. The van der Waals surface area contributed by atoms with Gasteiger partial charge in [0.2, 0.25) is 0 Å². The lowest BCUT2D eigenvalue weighted by Gasteiger charge is -2.28. The fourth-order valence-electron chi connectivity index (χ4n) is 3.70. The predicted octanol–water partition coefficient (Wildman–Crippen LogP) is 4.72. The first-order chi connectivity index (χ1) is 13.3. The Kier molecular flexibility index (Phi) is 6.14. The molecule has 0 saturated carbocycles. The lowest BCUT2D eigenvalue weighted by Crippen LogP contribution is -2.26. The average molecular weight is 403 g/mol. The summed E-state index contributed by atoms with van der Waals surface area (Å²) in [4.78, 5) is 28.2. The van der Waals surface area contributed by atoms with E-state index in [1.165, 1.54) is 0 Å².